The summed E-state index contributed by atoms with van der Waals surface area (Å²) in [6.07, 6.45) is 4.00. The lowest BCUT2D eigenvalue weighted by atomic mass is 9.96. The molecule has 0 bridgehead atoms. The molecule has 3 aromatic carbocycles. The van der Waals surface area contributed by atoms with Gasteiger partial charge < -0.3 is 18.9 Å². The predicted molar refractivity (Wildman–Crippen MR) is 140 cm³/mol. The standard InChI is InChI=1S/C29H25ClN2O5/c1-18-13-32-23(14-31-18)17-37-27-12-28(25(30)10-22(27)15-33)36-16-21-4-3-5-24(19(21)2)20-6-7-26-29(11-20)35-9-8-34-26/h3-7,10-15H,8-9,16-17H2,1-2H3. The van der Waals surface area contributed by atoms with Crippen LogP contribution in [0.4, 0.5) is 0 Å². The maximum atomic E-state index is 11.6. The summed E-state index contributed by atoms with van der Waals surface area (Å²) < 4.78 is 23.3. The van der Waals surface area contributed by atoms with Gasteiger partial charge in [-0.15, -0.1) is 0 Å². The van der Waals surface area contributed by atoms with E-state index < -0.39 is 0 Å². The van der Waals surface area contributed by atoms with Crippen molar-refractivity contribution in [2.24, 2.45) is 0 Å². The topological polar surface area (TPSA) is 79.8 Å². The van der Waals surface area contributed by atoms with Crippen LogP contribution in [0, 0.1) is 13.8 Å². The summed E-state index contributed by atoms with van der Waals surface area (Å²) in [5, 5.41) is 0.324. The Kier molecular flexibility index (Phi) is 7.23. The van der Waals surface area contributed by atoms with E-state index in [1.807, 2.05) is 37.3 Å². The van der Waals surface area contributed by atoms with Gasteiger partial charge in [-0.3, -0.25) is 14.8 Å². The van der Waals surface area contributed by atoms with Gasteiger partial charge in [-0.05, 0) is 54.3 Å². The lowest BCUT2D eigenvalue weighted by Gasteiger charge is -2.20. The number of ether oxygens (including phenoxy) is 4. The van der Waals surface area contributed by atoms with Crippen LogP contribution in [0.25, 0.3) is 11.1 Å². The minimum absolute atomic E-state index is 0.159. The zero-order chi connectivity index (χ0) is 25.8. The Bertz CT molecular complexity index is 1440. The van der Waals surface area contributed by atoms with Crippen LogP contribution in [0.5, 0.6) is 23.0 Å². The van der Waals surface area contributed by atoms with Crippen LogP contribution in [-0.2, 0) is 13.2 Å². The number of aldehydes is 1. The van der Waals surface area contributed by atoms with Crippen molar-refractivity contribution in [3.8, 4) is 34.1 Å². The number of aryl methyl sites for hydroxylation is 1. The molecule has 0 amide bonds. The lowest BCUT2D eigenvalue weighted by molar-refractivity contribution is 0.111. The molecule has 188 valence electrons. The van der Waals surface area contributed by atoms with Crippen LogP contribution >= 0.6 is 11.6 Å². The highest BCUT2D eigenvalue weighted by atomic mass is 35.5. The lowest BCUT2D eigenvalue weighted by Crippen LogP contribution is -2.15. The van der Waals surface area contributed by atoms with Gasteiger partial charge in [-0.2, -0.15) is 0 Å². The molecule has 4 aromatic rings. The molecular formula is C29H25ClN2O5. The maximum absolute atomic E-state index is 11.6. The Labute approximate surface area is 220 Å². The minimum atomic E-state index is 0.159. The third-order valence-corrected chi connectivity index (χ3v) is 6.38. The number of carbonyl (C=O) groups is 1. The zero-order valence-corrected chi connectivity index (χ0v) is 21.2. The van der Waals surface area contributed by atoms with Gasteiger partial charge >= 0.3 is 0 Å². The maximum Gasteiger partial charge on any atom is 0.161 e. The van der Waals surface area contributed by atoms with Crippen molar-refractivity contribution in [2.75, 3.05) is 13.2 Å². The number of aromatic nitrogens is 2. The Balaban J connectivity index is 1.34. The van der Waals surface area contributed by atoms with Gasteiger partial charge in [0.25, 0.3) is 0 Å². The summed E-state index contributed by atoms with van der Waals surface area (Å²) in [4.78, 5) is 20.1. The number of rotatable bonds is 8. The predicted octanol–water partition coefficient (Wildman–Crippen LogP) is 6.16. The van der Waals surface area contributed by atoms with Gasteiger partial charge in [0.1, 0.15) is 37.9 Å². The van der Waals surface area contributed by atoms with Crippen molar-refractivity contribution < 1.29 is 23.7 Å². The second kappa shape index (κ2) is 10.9. The fraction of sp³-hybridized carbons (Fsp3) is 0.207. The van der Waals surface area contributed by atoms with Crippen molar-refractivity contribution in [3.63, 3.8) is 0 Å². The summed E-state index contributed by atoms with van der Waals surface area (Å²) in [5.41, 5.74) is 5.97. The molecule has 1 aromatic heterocycles. The largest absolute Gasteiger partial charge is 0.487 e. The molecule has 0 atom stereocenters. The van der Waals surface area contributed by atoms with E-state index in [0.29, 0.717) is 47.3 Å². The van der Waals surface area contributed by atoms with Crippen LogP contribution < -0.4 is 18.9 Å². The van der Waals surface area contributed by atoms with Crippen molar-refractivity contribution in [3.05, 3.63) is 94.0 Å². The summed E-state index contributed by atoms with van der Waals surface area (Å²) in [7, 11) is 0. The molecule has 0 spiro atoms. The van der Waals surface area contributed by atoms with Crippen LogP contribution in [0.2, 0.25) is 5.02 Å². The van der Waals surface area contributed by atoms with Gasteiger partial charge in [-0.1, -0.05) is 35.9 Å². The molecule has 0 radical (unpaired) electrons. The smallest absolute Gasteiger partial charge is 0.161 e. The number of fused-ring (bicyclic) bond motifs is 1. The van der Waals surface area contributed by atoms with E-state index in [4.69, 9.17) is 30.5 Å². The molecule has 0 aliphatic carbocycles. The molecular weight excluding hydrogens is 492 g/mol. The summed E-state index contributed by atoms with van der Waals surface area (Å²) in [5.74, 6) is 2.28. The summed E-state index contributed by atoms with van der Waals surface area (Å²) in [6.45, 7) is 5.45. The van der Waals surface area contributed by atoms with E-state index in [0.717, 1.165) is 39.4 Å². The fourth-order valence-corrected chi connectivity index (χ4v) is 4.27. The van der Waals surface area contributed by atoms with Gasteiger partial charge in [-0.25, -0.2) is 0 Å². The number of nitrogens with zero attached hydrogens (tertiary/aromatic N) is 2. The third-order valence-electron chi connectivity index (χ3n) is 6.08. The second-order valence-electron chi connectivity index (χ2n) is 8.61. The molecule has 0 saturated heterocycles. The van der Waals surface area contributed by atoms with Gasteiger partial charge in [0.05, 0.1) is 28.2 Å². The third kappa shape index (κ3) is 5.52. The Morgan fingerprint density at radius 2 is 1.73 bits per heavy atom. The van der Waals surface area contributed by atoms with E-state index in [9.17, 15) is 4.79 Å². The Morgan fingerprint density at radius 1 is 0.919 bits per heavy atom. The number of halogens is 1. The molecule has 8 heteroatoms. The first-order chi connectivity index (χ1) is 18.0. The van der Waals surface area contributed by atoms with E-state index in [2.05, 4.69) is 23.0 Å². The first kappa shape index (κ1) is 24.6. The molecule has 0 N–H and O–H groups in total. The van der Waals surface area contributed by atoms with Crippen LogP contribution in [0.15, 0.2) is 60.9 Å². The Hall–Kier alpha value is -4.10. The molecule has 0 saturated carbocycles. The molecule has 1 aliphatic rings. The molecule has 0 fully saturated rings. The van der Waals surface area contributed by atoms with Crippen LogP contribution in [-0.4, -0.2) is 29.5 Å². The average Bonchev–Trinajstić information content (AvgIpc) is 2.92. The van der Waals surface area contributed by atoms with E-state index in [1.54, 1.807) is 24.5 Å². The second-order valence-corrected chi connectivity index (χ2v) is 9.02. The highest BCUT2D eigenvalue weighted by Crippen LogP contribution is 2.37. The molecule has 0 unspecified atom stereocenters. The zero-order valence-electron chi connectivity index (χ0n) is 20.5. The highest BCUT2D eigenvalue weighted by molar-refractivity contribution is 6.32. The van der Waals surface area contributed by atoms with Gasteiger partial charge in [0, 0.05) is 12.3 Å². The highest BCUT2D eigenvalue weighted by Gasteiger charge is 2.16. The number of hydrogen-bond acceptors (Lipinski definition) is 7. The number of carbonyl (C=O) groups excluding carboxylic acids is 1. The Morgan fingerprint density at radius 3 is 2.51 bits per heavy atom. The molecule has 1 aliphatic heterocycles. The number of hydrogen-bond donors (Lipinski definition) is 0. The normalized spacial score (nSPS) is 12.2. The van der Waals surface area contributed by atoms with Crippen molar-refractivity contribution in [1.82, 2.24) is 9.97 Å². The van der Waals surface area contributed by atoms with Crippen LogP contribution in [0.3, 0.4) is 0 Å². The summed E-state index contributed by atoms with van der Waals surface area (Å²) >= 11 is 6.43. The molecule has 2 heterocycles. The monoisotopic (exact) mass is 516 g/mol. The molecule has 7 nitrogen and oxygen atoms in total. The van der Waals surface area contributed by atoms with Crippen LogP contribution in [0.1, 0.15) is 32.9 Å². The average molecular weight is 517 g/mol. The van der Waals surface area contributed by atoms with E-state index >= 15 is 0 Å². The van der Waals surface area contributed by atoms with Gasteiger partial charge in [0.2, 0.25) is 0 Å². The van der Waals surface area contributed by atoms with E-state index in [1.165, 1.54) is 0 Å². The van der Waals surface area contributed by atoms with Crippen molar-refractivity contribution in [2.45, 2.75) is 27.1 Å². The first-order valence-corrected chi connectivity index (χ1v) is 12.2. The molecule has 5 rings (SSSR count). The quantitative estimate of drug-likeness (QED) is 0.260. The first-order valence-electron chi connectivity index (χ1n) is 11.8. The number of benzene rings is 3. The van der Waals surface area contributed by atoms with Gasteiger partial charge in [0.15, 0.2) is 17.8 Å². The summed E-state index contributed by atoms with van der Waals surface area (Å²) in [6, 6.07) is 15.2. The van der Waals surface area contributed by atoms with E-state index in [-0.39, 0.29) is 13.2 Å². The van der Waals surface area contributed by atoms with Crippen molar-refractivity contribution in [1.29, 1.82) is 0 Å². The minimum Gasteiger partial charge on any atom is -0.487 e. The fourth-order valence-electron chi connectivity index (χ4n) is 4.04. The SMILES string of the molecule is Cc1cnc(COc2cc(OCc3cccc(-c4ccc5c(c4)OCCO5)c3C)c(Cl)cc2C=O)cn1. The van der Waals surface area contributed by atoms with Crippen molar-refractivity contribution >= 4 is 17.9 Å². The molecule has 37 heavy (non-hydrogen) atoms.